The SMILES string of the molecule is COc1ccc(C(Cl)C2(C)CCCO2)cc1Cl. The molecule has 2 nitrogen and oxygen atoms in total. The third-order valence-electron chi connectivity index (χ3n) is 3.25. The molecule has 0 amide bonds. The van der Waals surface area contributed by atoms with Crippen molar-refractivity contribution in [3.8, 4) is 5.75 Å². The summed E-state index contributed by atoms with van der Waals surface area (Å²) in [5, 5.41) is 0.394. The average molecular weight is 275 g/mol. The number of alkyl halides is 1. The molecule has 1 saturated heterocycles. The molecule has 1 heterocycles. The summed E-state index contributed by atoms with van der Waals surface area (Å²) in [6, 6.07) is 5.63. The van der Waals surface area contributed by atoms with E-state index < -0.39 is 0 Å². The van der Waals surface area contributed by atoms with Crippen molar-refractivity contribution in [2.75, 3.05) is 13.7 Å². The first-order valence-corrected chi connectivity index (χ1v) is 6.50. The van der Waals surface area contributed by atoms with E-state index in [1.165, 1.54) is 0 Å². The van der Waals surface area contributed by atoms with E-state index in [1.54, 1.807) is 7.11 Å². The Kier molecular flexibility index (Phi) is 3.86. The summed E-state index contributed by atoms with van der Waals surface area (Å²) in [7, 11) is 1.60. The predicted octanol–water partition coefficient (Wildman–Crippen LogP) is 4.20. The van der Waals surface area contributed by atoms with Gasteiger partial charge in [-0.15, -0.1) is 11.6 Å². The summed E-state index contributed by atoms with van der Waals surface area (Å²) in [6.07, 6.45) is 2.04. The van der Waals surface area contributed by atoms with Crippen LogP contribution in [0.1, 0.15) is 30.7 Å². The lowest BCUT2D eigenvalue weighted by atomic mass is 9.93. The Labute approximate surface area is 112 Å². The van der Waals surface area contributed by atoms with Crippen molar-refractivity contribution in [1.82, 2.24) is 0 Å². The molecule has 94 valence electrons. The van der Waals surface area contributed by atoms with Crippen LogP contribution < -0.4 is 4.74 Å². The molecule has 0 saturated carbocycles. The van der Waals surface area contributed by atoms with Crippen molar-refractivity contribution in [2.24, 2.45) is 0 Å². The highest BCUT2D eigenvalue weighted by Crippen LogP contribution is 2.43. The van der Waals surface area contributed by atoms with E-state index in [0.717, 1.165) is 25.0 Å². The Morgan fingerprint density at radius 3 is 2.76 bits per heavy atom. The summed E-state index contributed by atoms with van der Waals surface area (Å²) in [4.78, 5) is 0. The van der Waals surface area contributed by atoms with Crippen molar-refractivity contribution < 1.29 is 9.47 Å². The molecular formula is C13H16Cl2O2. The van der Waals surface area contributed by atoms with E-state index in [2.05, 4.69) is 6.92 Å². The van der Waals surface area contributed by atoms with E-state index in [1.807, 2.05) is 18.2 Å². The Morgan fingerprint density at radius 2 is 2.24 bits per heavy atom. The molecule has 0 aliphatic carbocycles. The van der Waals surface area contributed by atoms with Gasteiger partial charge < -0.3 is 9.47 Å². The molecule has 1 aromatic carbocycles. The lowest BCUT2D eigenvalue weighted by molar-refractivity contribution is 0.0164. The number of hydrogen-bond donors (Lipinski definition) is 0. The Hall–Kier alpha value is -0.440. The molecule has 0 spiro atoms. The zero-order valence-electron chi connectivity index (χ0n) is 10.0. The van der Waals surface area contributed by atoms with Crippen LogP contribution in [0.3, 0.4) is 0 Å². The van der Waals surface area contributed by atoms with Crippen LogP contribution >= 0.6 is 23.2 Å². The second kappa shape index (κ2) is 5.05. The molecule has 1 aromatic rings. The second-order valence-electron chi connectivity index (χ2n) is 4.52. The Bertz CT molecular complexity index is 400. The van der Waals surface area contributed by atoms with Crippen LogP contribution in [0.5, 0.6) is 5.75 Å². The molecule has 0 N–H and O–H groups in total. The van der Waals surface area contributed by atoms with Crippen LogP contribution in [-0.4, -0.2) is 19.3 Å². The number of halogens is 2. The normalized spacial score (nSPS) is 25.9. The highest BCUT2D eigenvalue weighted by atomic mass is 35.5. The minimum absolute atomic E-state index is 0.187. The quantitative estimate of drug-likeness (QED) is 0.770. The molecule has 2 unspecified atom stereocenters. The third kappa shape index (κ3) is 2.54. The van der Waals surface area contributed by atoms with Gasteiger partial charge in [0.1, 0.15) is 5.75 Å². The van der Waals surface area contributed by atoms with Gasteiger partial charge in [0.25, 0.3) is 0 Å². The summed E-state index contributed by atoms with van der Waals surface area (Å²) in [5.74, 6) is 0.664. The van der Waals surface area contributed by atoms with Crippen molar-refractivity contribution >= 4 is 23.2 Å². The molecule has 2 atom stereocenters. The van der Waals surface area contributed by atoms with Gasteiger partial charge in [-0.2, -0.15) is 0 Å². The monoisotopic (exact) mass is 274 g/mol. The van der Waals surface area contributed by atoms with Gasteiger partial charge in [-0.25, -0.2) is 0 Å². The van der Waals surface area contributed by atoms with Gasteiger partial charge in [0.15, 0.2) is 0 Å². The highest BCUT2D eigenvalue weighted by Gasteiger charge is 2.38. The number of benzene rings is 1. The van der Waals surface area contributed by atoms with Gasteiger partial charge in [0.2, 0.25) is 0 Å². The molecule has 4 heteroatoms. The fourth-order valence-corrected chi connectivity index (χ4v) is 2.77. The molecule has 0 bridgehead atoms. The first-order chi connectivity index (χ1) is 8.07. The van der Waals surface area contributed by atoms with E-state index in [0.29, 0.717) is 10.8 Å². The van der Waals surface area contributed by atoms with Crippen LogP contribution in [0.15, 0.2) is 18.2 Å². The van der Waals surface area contributed by atoms with Crippen molar-refractivity contribution in [3.63, 3.8) is 0 Å². The van der Waals surface area contributed by atoms with E-state index in [4.69, 9.17) is 32.7 Å². The van der Waals surface area contributed by atoms with Crippen LogP contribution in [0.2, 0.25) is 5.02 Å². The van der Waals surface area contributed by atoms with Crippen LogP contribution in [-0.2, 0) is 4.74 Å². The van der Waals surface area contributed by atoms with Gasteiger partial charge in [0, 0.05) is 6.61 Å². The zero-order valence-corrected chi connectivity index (χ0v) is 11.5. The van der Waals surface area contributed by atoms with Crippen LogP contribution in [0.25, 0.3) is 0 Å². The number of rotatable bonds is 3. The number of ether oxygens (including phenoxy) is 2. The lowest BCUT2D eigenvalue weighted by Crippen LogP contribution is -2.28. The fraction of sp³-hybridized carbons (Fsp3) is 0.538. The van der Waals surface area contributed by atoms with Crippen molar-refractivity contribution in [3.05, 3.63) is 28.8 Å². The largest absolute Gasteiger partial charge is 0.495 e. The first kappa shape index (κ1) is 13.0. The highest BCUT2D eigenvalue weighted by molar-refractivity contribution is 6.32. The lowest BCUT2D eigenvalue weighted by Gasteiger charge is -2.29. The Balaban J connectivity index is 2.25. The molecule has 1 aliphatic rings. The molecule has 1 fully saturated rings. The number of methoxy groups -OCH3 is 1. The maximum Gasteiger partial charge on any atom is 0.137 e. The summed E-state index contributed by atoms with van der Waals surface area (Å²) < 4.78 is 10.9. The summed E-state index contributed by atoms with van der Waals surface area (Å²) >= 11 is 12.6. The first-order valence-electron chi connectivity index (χ1n) is 5.68. The van der Waals surface area contributed by atoms with E-state index in [9.17, 15) is 0 Å². The van der Waals surface area contributed by atoms with Crippen LogP contribution in [0, 0.1) is 0 Å². The summed E-state index contributed by atoms with van der Waals surface area (Å²) in [5.41, 5.74) is 0.682. The number of hydrogen-bond acceptors (Lipinski definition) is 2. The molecular weight excluding hydrogens is 259 g/mol. The van der Waals surface area contributed by atoms with E-state index >= 15 is 0 Å². The van der Waals surface area contributed by atoms with Crippen molar-refractivity contribution in [2.45, 2.75) is 30.7 Å². The zero-order chi connectivity index (χ0) is 12.5. The van der Waals surface area contributed by atoms with Gasteiger partial charge in [-0.1, -0.05) is 17.7 Å². The molecule has 0 radical (unpaired) electrons. The molecule has 1 aliphatic heterocycles. The maximum atomic E-state index is 6.50. The molecule has 2 rings (SSSR count). The molecule has 0 aromatic heterocycles. The minimum atomic E-state index is -0.292. The maximum absolute atomic E-state index is 6.50. The summed E-state index contributed by atoms with van der Waals surface area (Å²) in [6.45, 7) is 2.83. The Morgan fingerprint density at radius 1 is 1.47 bits per heavy atom. The standard InChI is InChI=1S/C13H16Cl2O2/c1-13(6-3-7-17-13)12(15)9-4-5-11(16-2)10(14)8-9/h4-5,8,12H,3,6-7H2,1-2H3. The minimum Gasteiger partial charge on any atom is -0.495 e. The average Bonchev–Trinajstić information content (AvgIpc) is 2.76. The third-order valence-corrected chi connectivity index (χ3v) is 4.26. The van der Waals surface area contributed by atoms with Gasteiger partial charge in [0.05, 0.1) is 23.1 Å². The second-order valence-corrected chi connectivity index (χ2v) is 5.36. The van der Waals surface area contributed by atoms with E-state index in [-0.39, 0.29) is 11.0 Å². The van der Waals surface area contributed by atoms with Gasteiger partial charge >= 0.3 is 0 Å². The van der Waals surface area contributed by atoms with Gasteiger partial charge in [-0.3, -0.25) is 0 Å². The fourth-order valence-electron chi connectivity index (χ4n) is 2.19. The van der Waals surface area contributed by atoms with Crippen LogP contribution in [0.4, 0.5) is 0 Å². The topological polar surface area (TPSA) is 18.5 Å². The predicted molar refractivity (Wildman–Crippen MR) is 70.2 cm³/mol. The molecule has 17 heavy (non-hydrogen) atoms. The smallest absolute Gasteiger partial charge is 0.137 e. The van der Waals surface area contributed by atoms with Gasteiger partial charge in [-0.05, 0) is 37.5 Å². The van der Waals surface area contributed by atoms with Crippen molar-refractivity contribution in [1.29, 1.82) is 0 Å².